The van der Waals surface area contributed by atoms with Crippen molar-refractivity contribution in [1.29, 1.82) is 0 Å². The van der Waals surface area contributed by atoms with Gasteiger partial charge >= 0.3 is 5.97 Å². The van der Waals surface area contributed by atoms with E-state index in [1.165, 1.54) is 0 Å². The summed E-state index contributed by atoms with van der Waals surface area (Å²) in [7, 11) is -6.88. The van der Waals surface area contributed by atoms with Crippen molar-refractivity contribution in [3.05, 3.63) is 0 Å². The Morgan fingerprint density at radius 1 is 1.12 bits per heavy atom. The van der Waals surface area contributed by atoms with Crippen LogP contribution in [0.15, 0.2) is 0 Å². The molecule has 0 rings (SSSR count). The van der Waals surface area contributed by atoms with Gasteiger partial charge in [0.25, 0.3) is 0 Å². The van der Waals surface area contributed by atoms with Crippen LogP contribution in [0.1, 0.15) is 12.8 Å². The highest BCUT2D eigenvalue weighted by atomic mass is 32.2. The van der Waals surface area contributed by atoms with Crippen LogP contribution in [0.4, 0.5) is 0 Å². The molecule has 0 fully saturated rings. The molecule has 0 radical (unpaired) electrons. The van der Waals surface area contributed by atoms with Gasteiger partial charge < -0.3 is 5.11 Å². The lowest BCUT2D eigenvalue weighted by atomic mass is 10.3. The Labute approximate surface area is 101 Å². The van der Waals surface area contributed by atoms with E-state index in [1.807, 2.05) is 0 Å². The van der Waals surface area contributed by atoms with Gasteiger partial charge in [0, 0.05) is 19.5 Å². The molecule has 0 bridgehead atoms. The van der Waals surface area contributed by atoms with Crippen LogP contribution in [-0.2, 0) is 24.8 Å². The molecule has 0 aliphatic heterocycles. The molecule has 0 saturated carbocycles. The van der Waals surface area contributed by atoms with E-state index in [0.717, 1.165) is 6.26 Å². The van der Waals surface area contributed by atoms with Gasteiger partial charge in [-0.05, 0) is 6.42 Å². The van der Waals surface area contributed by atoms with Crippen molar-refractivity contribution in [3.8, 4) is 0 Å². The quantitative estimate of drug-likeness (QED) is 0.434. The first-order chi connectivity index (χ1) is 7.62. The van der Waals surface area contributed by atoms with Gasteiger partial charge in [-0.15, -0.1) is 0 Å². The lowest BCUT2D eigenvalue weighted by Crippen LogP contribution is -2.35. The average Bonchev–Trinajstić information content (AvgIpc) is 2.10. The lowest BCUT2D eigenvalue weighted by Gasteiger charge is -2.06. The maximum Gasteiger partial charge on any atom is 0.303 e. The molecule has 0 atom stereocenters. The summed E-state index contributed by atoms with van der Waals surface area (Å²) in [6.45, 7) is -0.112. The summed E-state index contributed by atoms with van der Waals surface area (Å²) in [5.74, 6) is -1.35. The minimum Gasteiger partial charge on any atom is -0.481 e. The van der Waals surface area contributed by atoms with E-state index >= 15 is 0 Å². The first-order valence-corrected chi connectivity index (χ1v) is 8.30. The molecule has 102 valence electrons. The van der Waals surface area contributed by atoms with Crippen LogP contribution in [0.25, 0.3) is 0 Å². The molecule has 0 unspecified atom stereocenters. The maximum absolute atomic E-state index is 11.3. The number of carboxylic acid groups (broad SMARTS) is 1. The number of sulfonamides is 2. The molecular weight excluding hydrogens is 272 g/mol. The maximum atomic E-state index is 11.3. The number of hydrogen-bond donors (Lipinski definition) is 3. The zero-order valence-electron chi connectivity index (χ0n) is 9.34. The highest BCUT2D eigenvalue weighted by Gasteiger charge is 2.10. The largest absolute Gasteiger partial charge is 0.481 e. The van der Waals surface area contributed by atoms with Crippen molar-refractivity contribution in [3.63, 3.8) is 0 Å². The molecule has 0 saturated heterocycles. The highest BCUT2D eigenvalue weighted by molar-refractivity contribution is 7.89. The summed E-state index contributed by atoms with van der Waals surface area (Å²) in [6, 6.07) is 0. The standard InChI is InChI=1S/C7H16N2O6S2/c1-16(12,13)8-4-5-9-17(14,15)6-2-3-7(10)11/h8-9H,2-6H2,1H3,(H,10,11). The first-order valence-electron chi connectivity index (χ1n) is 4.76. The Bertz CT molecular complexity index is 441. The summed E-state index contributed by atoms with van der Waals surface area (Å²) in [4.78, 5) is 10.2. The molecule has 10 heteroatoms. The molecule has 3 N–H and O–H groups in total. The second-order valence-electron chi connectivity index (χ2n) is 3.38. The van der Waals surface area contributed by atoms with E-state index in [0.29, 0.717) is 0 Å². The van der Waals surface area contributed by atoms with E-state index in [2.05, 4.69) is 9.44 Å². The first kappa shape index (κ1) is 16.3. The summed E-state index contributed by atoms with van der Waals surface area (Å²) in [5, 5.41) is 8.32. The number of carboxylic acids is 1. The Morgan fingerprint density at radius 2 is 1.65 bits per heavy atom. The molecule has 17 heavy (non-hydrogen) atoms. The van der Waals surface area contributed by atoms with E-state index in [4.69, 9.17) is 5.11 Å². The normalized spacial score (nSPS) is 12.5. The third-order valence-electron chi connectivity index (χ3n) is 1.61. The van der Waals surface area contributed by atoms with Crippen LogP contribution in [0.5, 0.6) is 0 Å². The third kappa shape index (κ3) is 11.6. The minimum atomic E-state index is -3.54. The predicted molar refractivity (Wildman–Crippen MR) is 61.5 cm³/mol. The molecule has 0 aromatic heterocycles. The van der Waals surface area contributed by atoms with Crippen LogP contribution >= 0.6 is 0 Å². The molecule has 0 aliphatic carbocycles. The minimum absolute atomic E-state index is 0.0180. The summed E-state index contributed by atoms with van der Waals surface area (Å²) < 4.78 is 48.1. The fraction of sp³-hybridized carbons (Fsp3) is 0.857. The van der Waals surface area contributed by atoms with Crippen molar-refractivity contribution in [2.75, 3.05) is 25.1 Å². The summed E-state index contributed by atoms with van der Waals surface area (Å²) in [5.41, 5.74) is 0. The number of carbonyl (C=O) groups is 1. The van der Waals surface area contributed by atoms with E-state index in [9.17, 15) is 21.6 Å². The Kier molecular flexibility index (Phi) is 6.60. The van der Waals surface area contributed by atoms with Crippen molar-refractivity contribution >= 4 is 26.0 Å². The van der Waals surface area contributed by atoms with Crippen LogP contribution in [0.2, 0.25) is 0 Å². The third-order valence-corrected chi connectivity index (χ3v) is 3.81. The van der Waals surface area contributed by atoms with Gasteiger partial charge in [-0.2, -0.15) is 0 Å². The van der Waals surface area contributed by atoms with Crippen molar-refractivity contribution in [1.82, 2.24) is 9.44 Å². The average molecular weight is 288 g/mol. The molecule has 0 spiro atoms. The number of rotatable bonds is 9. The smallest absolute Gasteiger partial charge is 0.303 e. The van der Waals surface area contributed by atoms with Gasteiger partial charge in [0.2, 0.25) is 20.0 Å². The molecule has 0 amide bonds. The van der Waals surface area contributed by atoms with Crippen LogP contribution in [-0.4, -0.2) is 53.0 Å². The van der Waals surface area contributed by atoms with Gasteiger partial charge in [-0.25, -0.2) is 26.3 Å². The SMILES string of the molecule is CS(=O)(=O)NCCNS(=O)(=O)CCCC(=O)O. The summed E-state index contributed by atoms with van der Waals surface area (Å²) >= 11 is 0. The molecule has 0 aromatic rings. The highest BCUT2D eigenvalue weighted by Crippen LogP contribution is 1.94. The van der Waals surface area contributed by atoms with Crippen molar-refractivity contribution < 1.29 is 26.7 Å². The number of nitrogens with one attached hydrogen (secondary N) is 2. The second-order valence-corrected chi connectivity index (χ2v) is 7.14. The fourth-order valence-electron chi connectivity index (χ4n) is 0.929. The van der Waals surface area contributed by atoms with Crippen molar-refractivity contribution in [2.24, 2.45) is 0 Å². The van der Waals surface area contributed by atoms with Crippen LogP contribution in [0.3, 0.4) is 0 Å². The van der Waals surface area contributed by atoms with Gasteiger partial charge in [-0.1, -0.05) is 0 Å². The zero-order valence-corrected chi connectivity index (χ0v) is 11.0. The van der Waals surface area contributed by atoms with Gasteiger partial charge in [-0.3, -0.25) is 4.79 Å². The Hall–Kier alpha value is -0.710. The predicted octanol–water partition coefficient (Wildman–Crippen LogP) is -1.68. The fourth-order valence-corrected chi connectivity index (χ4v) is 2.48. The van der Waals surface area contributed by atoms with Crippen molar-refractivity contribution in [2.45, 2.75) is 12.8 Å². The van der Waals surface area contributed by atoms with Gasteiger partial charge in [0.05, 0.1) is 12.0 Å². The Balaban J connectivity index is 3.83. The molecular formula is C7H16N2O6S2. The van der Waals surface area contributed by atoms with Gasteiger partial charge in [0.1, 0.15) is 0 Å². The molecule has 0 aliphatic rings. The van der Waals surface area contributed by atoms with E-state index < -0.39 is 26.0 Å². The van der Waals surface area contributed by atoms with Gasteiger partial charge in [0.15, 0.2) is 0 Å². The number of hydrogen-bond acceptors (Lipinski definition) is 5. The van der Waals surface area contributed by atoms with Crippen LogP contribution < -0.4 is 9.44 Å². The van der Waals surface area contributed by atoms with E-state index in [-0.39, 0.29) is 31.7 Å². The molecule has 8 nitrogen and oxygen atoms in total. The Morgan fingerprint density at radius 3 is 2.12 bits per heavy atom. The zero-order chi connectivity index (χ0) is 13.5. The summed E-state index contributed by atoms with van der Waals surface area (Å²) in [6.07, 6.45) is 0.765. The second kappa shape index (κ2) is 6.89. The van der Waals surface area contributed by atoms with Crippen LogP contribution in [0, 0.1) is 0 Å². The number of aliphatic carboxylic acids is 1. The lowest BCUT2D eigenvalue weighted by molar-refractivity contribution is -0.137. The molecule has 0 heterocycles. The molecule has 0 aromatic carbocycles. The topological polar surface area (TPSA) is 130 Å². The van der Waals surface area contributed by atoms with E-state index in [1.54, 1.807) is 0 Å². The monoisotopic (exact) mass is 288 g/mol.